The Morgan fingerprint density at radius 2 is 1.89 bits per heavy atom. The van der Waals surface area contributed by atoms with Gasteiger partial charge in [0.15, 0.2) is 18.1 Å². The molecular weight excluding hydrogens is 424 g/mol. The molecule has 3 rings (SSSR count). The van der Waals surface area contributed by atoms with E-state index in [2.05, 4.69) is 26.2 Å². The fourth-order valence-corrected chi connectivity index (χ4v) is 2.65. The van der Waals surface area contributed by atoms with Crippen molar-refractivity contribution in [2.75, 3.05) is 19.0 Å². The standard InChI is InChI=1S/C21H19BrN2O4/c1-26-19-9-6-17(11-20(19)28-13-15-3-2-10-23-12-15)24-21(25)14-27-18-7-4-16(22)5-8-18/h2-12H,13-14H2,1H3,(H,24,25). The van der Waals surface area contributed by atoms with Crippen molar-refractivity contribution in [2.45, 2.75) is 6.61 Å². The van der Waals surface area contributed by atoms with Crippen LogP contribution in [-0.2, 0) is 11.4 Å². The molecule has 6 nitrogen and oxygen atoms in total. The van der Waals surface area contributed by atoms with E-state index < -0.39 is 0 Å². The number of benzene rings is 2. The fraction of sp³-hybridized carbons (Fsp3) is 0.143. The lowest BCUT2D eigenvalue weighted by atomic mass is 10.2. The minimum Gasteiger partial charge on any atom is -0.493 e. The van der Waals surface area contributed by atoms with E-state index in [9.17, 15) is 4.79 Å². The van der Waals surface area contributed by atoms with E-state index in [0.29, 0.717) is 29.5 Å². The molecule has 0 saturated carbocycles. The summed E-state index contributed by atoms with van der Waals surface area (Å²) in [6.45, 7) is 0.244. The number of hydrogen-bond donors (Lipinski definition) is 1. The van der Waals surface area contributed by atoms with Gasteiger partial charge in [-0.05, 0) is 42.5 Å². The Labute approximate surface area is 171 Å². The number of hydrogen-bond acceptors (Lipinski definition) is 5. The van der Waals surface area contributed by atoms with Crippen LogP contribution in [0.1, 0.15) is 5.56 Å². The van der Waals surface area contributed by atoms with E-state index in [4.69, 9.17) is 14.2 Å². The second-order valence-electron chi connectivity index (χ2n) is 5.81. The van der Waals surface area contributed by atoms with Gasteiger partial charge in [0.1, 0.15) is 12.4 Å². The molecule has 0 unspecified atom stereocenters. The smallest absolute Gasteiger partial charge is 0.262 e. The van der Waals surface area contributed by atoms with Crippen molar-refractivity contribution in [1.82, 2.24) is 4.98 Å². The Morgan fingerprint density at radius 3 is 2.61 bits per heavy atom. The van der Waals surface area contributed by atoms with Gasteiger partial charge in [0.25, 0.3) is 5.91 Å². The lowest BCUT2D eigenvalue weighted by molar-refractivity contribution is -0.118. The van der Waals surface area contributed by atoms with Crippen LogP contribution >= 0.6 is 15.9 Å². The number of anilines is 1. The number of amides is 1. The average molecular weight is 443 g/mol. The number of carbonyl (C=O) groups is 1. The first-order valence-electron chi connectivity index (χ1n) is 8.52. The number of methoxy groups -OCH3 is 1. The van der Waals surface area contributed by atoms with E-state index in [0.717, 1.165) is 10.0 Å². The third-order valence-corrected chi connectivity index (χ3v) is 4.28. The highest BCUT2D eigenvalue weighted by molar-refractivity contribution is 9.10. The Hall–Kier alpha value is -3.06. The van der Waals surface area contributed by atoms with Gasteiger partial charge in [0.05, 0.1) is 7.11 Å². The molecule has 2 aromatic carbocycles. The van der Waals surface area contributed by atoms with Crippen molar-refractivity contribution in [1.29, 1.82) is 0 Å². The lowest BCUT2D eigenvalue weighted by Crippen LogP contribution is -2.20. The summed E-state index contributed by atoms with van der Waals surface area (Å²) >= 11 is 3.36. The van der Waals surface area contributed by atoms with Gasteiger partial charge in [0.2, 0.25) is 0 Å². The van der Waals surface area contributed by atoms with Gasteiger partial charge >= 0.3 is 0 Å². The zero-order chi connectivity index (χ0) is 19.8. The minimum absolute atomic E-state index is 0.0977. The number of aromatic nitrogens is 1. The van der Waals surface area contributed by atoms with Crippen molar-refractivity contribution >= 4 is 27.5 Å². The average Bonchev–Trinajstić information content (AvgIpc) is 2.73. The zero-order valence-electron chi connectivity index (χ0n) is 15.2. The molecule has 3 aromatic rings. The van der Waals surface area contributed by atoms with E-state index >= 15 is 0 Å². The summed E-state index contributed by atoms with van der Waals surface area (Å²) in [5, 5.41) is 2.79. The van der Waals surface area contributed by atoms with Crippen molar-refractivity contribution in [3.05, 3.63) is 77.0 Å². The fourth-order valence-electron chi connectivity index (χ4n) is 2.39. The molecule has 0 aliphatic rings. The number of rotatable bonds is 8. The summed E-state index contributed by atoms with van der Waals surface area (Å²) < 4.78 is 17.6. The quantitative estimate of drug-likeness (QED) is 0.557. The number of halogens is 1. The monoisotopic (exact) mass is 442 g/mol. The van der Waals surface area contributed by atoms with Gasteiger partial charge in [-0.2, -0.15) is 0 Å². The normalized spacial score (nSPS) is 10.2. The van der Waals surface area contributed by atoms with Crippen LogP contribution in [0, 0.1) is 0 Å². The third-order valence-electron chi connectivity index (χ3n) is 3.75. The Morgan fingerprint density at radius 1 is 1.07 bits per heavy atom. The topological polar surface area (TPSA) is 69.7 Å². The molecule has 0 fully saturated rings. The highest BCUT2D eigenvalue weighted by atomic mass is 79.9. The first kappa shape index (κ1) is 19.7. The number of nitrogens with one attached hydrogen (secondary N) is 1. The maximum atomic E-state index is 12.2. The molecule has 1 heterocycles. The molecule has 1 N–H and O–H groups in total. The second kappa shape index (κ2) is 9.75. The molecule has 28 heavy (non-hydrogen) atoms. The SMILES string of the molecule is COc1ccc(NC(=O)COc2ccc(Br)cc2)cc1OCc1cccnc1. The summed E-state index contributed by atoms with van der Waals surface area (Å²) in [6.07, 6.45) is 3.44. The van der Waals surface area contributed by atoms with Crippen LogP contribution in [0.25, 0.3) is 0 Å². The number of nitrogens with zero attached hydrogens (tertiary/aromatic N) is 1. The highest BCUT2D eigenvalue weighted by Gasteiger charge is 2.09. The first-order chi connectivity index (χ1) is 13.6. The number of carbonyl (C=O) groups excluding carboxylic acids is 1. The predicted molar refractivity (Wildman–Crippen MR) is 110 cm³/mol. The van der Waals surface area contributed by atoms with Crippen molar-refractivity contribution < 1.29 is 19.0 Å². The maximum absolute atomic E-state index is 12.2. The summed E-state index contributed by atoms with van der Waals surface area (Å²) in [5.41, 5.74) is 1.52. The molecule has 0 aliphatic heterocycles. The summed E-state index contributed by atoms with van der Waals surface area (Å²) in [4.78, 5) is 16.2. The van der Waals surface area contributed by atoms with Gasteiger partial charge in [0, 0.05) is 34.2 Å². The highest BCUT2D eigenvalue weighted by Crippen LogP contribution is 2.31. The third kappa shape index (κ3) is 5.72. The van der Waals surface area contributed by atoms with Crippen LogP contribution in [0.2, 0.25) is 0 Å². The molecule has 0 radical (unpaired) electrons. The molecule has 144 valence electrons. The first-order valence-corrected chi connectivity index (χ1v) is 9.31. The van der Waals surface area contributed by atoms with Gasteiger partial charge in [-0.15, -0.1) is 0 Å². The van der Waals surface area contributed by atoms with Crippen molar-refractivity contribution in [3.63, 3.8) is 0 Å². The van der Waals surface area contributed by atoms with Crippen LogP contribution in [0.3, 0.4) is 0 Å². The zero-order valence-corrected chi connectivity index (χ0v) is 16.8. The van der Waals surface area contributed by atoms with E-state index in [1.807, 2.05) is 24.3 Å². The summed E-state index contributed by atoms with van der Waals surface area (Å²) in [7, 11) is 1.57. The molecule has 7 heteroatoms. The minimum atomic E-state index is -0.272. The van der Waals surface area contributed by atoms with Crippen LogP contribution in [-0.4, -0.2) is 24.6 Å². The Balaban J connectivity index is 1.60. The van der Waals surface area contributed by atoms with E-state index in [-0.39, 0.29) is 12.5 Å². The largest absolute Gasteiger partial charge is 0.493 e. The molecule has 1 aromatic heterocycles. The number of pyridine rings is 1. The second-order valence-corrected chi connectivity index (χ2v) is 6.72. The molecule has 0 saturated heterocycles. The van der Waals surface area contributed by atoms with E-state index in [1.54, 1.807) is 49.8 Å². The Kier molecular flexibility index (Phi) is 6.86. The maximum Gasteiger partial charge on any atom is 0.262 e. The van der Waals surface area contributed by atoms with Gasteiger partial charge in [-0.3, -0.25) is 9.78 Å². The van der Waals surface area contributed by atoms with Gasteiger partial charge in [-0.1, -0.05) is 22.0 Å². The molecular formula is C21H19BrN2O4. The van der Waals surface area contributed by atoms with Gasteiger partial charge < -0.3 is 19.5 Å². The van der Waals surface area contributed by atoms with Crippen LogP contribution in [0.5, 0.6) is 17.2 Å². The molecule has 0 atom stereocenters. The predicted octanol–water partition coefficient (Wildman–Crippen LogP) is 4.45. The summed E-state index contributed by atoms with van der Waals surface area (Å²) in [5.74, 6) is 1.45. The lowest BCUT2D eigenvalue weighted by Gasteiger charge is -2.13. The Bertz CT molecular complexity index is 917. The van der Waals surface area contributed by atoms with Crippen LogP contribution in [0.4, 0.5) is 5.69 Å². The molecule has 0 aliphatic carbocycles. The van der Waals surface area contributed by atoms with Crippen molar-refractivity contribution in [2.24, 2.45) is 0 Å². The van der Waals surface area contributed by atoms with Crippen molar-refractivity contribution in [3.8, 4) is 17.2 Å². The molecule has 0 bridgehead atoms. The molecule has 0 spiro atoms. The number of ether oxygens (including phenoxy) is 3. The van der Waals surface area contributed by atoms with Crippen LogP contribution in [0.15, 0.2) is 71.5 Å². The molecule has 1 amide bonds. The van der Waals surface area contributed by atoms with Gasteiger partial charge in [-0.25, -0.2) is 0 Å². The van der Waals surface area contributed by atoms with E-state index in [1.165, 1.54) is 0 Å². The summed E-state index contributed by atoms with van der Waals surface area (Å²) in [6, 6.07) is 16.2. The van der Waals surface area contributed by atoms with Crippen LogP contribution < -0.4 is 19.5 Å².